The topological polar surface area (TPSA) is 37.5 Å². The minimum absolute atomic E-state index is 0.803. The maximum absolute atomic E-state index is 8.18. The second kappa shape index (κ2) is 2.87. The van der Waals surface area contributed by atoms with Crippen molar-refractivity contribution < 1.29 is 5.21 Å². The average molecular weight is 136 g/mol. The smallest absolute Gasteiger partial charge is 0.0901 e. The molecular formula is C7H8N2O. The lowest BCUT2D eigenvalue weighted by Crippen LogP contribution is -1.89. The van der Waals surface area contributed by atoms with Crippen molar-refractivity contribution in [2.24, 2.45) is 5.16 Å². The van der Waals surface area contributed by atoms with Crippen LogP contribution in [-0.2, 0) is 0 Å². The Morgan fingerprint density at radius 2 is 2.50 bits per heavy atom. The predicted octanol–water partition coefficient (Wildman–Crippen LogP) is 1.40. The Balaban J connectivity index is 3.00. The van der Waals surface area contributed by atoms with Crippen LogP contribution in [0.4, 0.5) is 0 Å². The van der Waals surface area contributed by atoms with Crippen molar-refractivity contribution >= 4 is 12.4 Å². The Bertz CT molecular complexity index is 250. The predicted molar refractivity (Wildman–Crippen MR) is 40.2 cm³/mol. The summed E-state index contributed by atoms with van der Waals surface area (Å²) in [6.07, 6.45) is 4.81. The number of oxime groups is 1. The van der Waals surface area contributed by atoms with E-state index in [1.807, 2.05) is 18.3 Å². The largest absolute Gasteiger partial charge is 0.411 e. The molecule has 3 nitrogen and oxygen atoms in total. The highest BCUT2D eigenvalue weighted by atomic mass is 16.4. The van der Waals surface area contributed by atoms with Crippen molar-refractivity contribution in [3.8, 4) is 0 Å². The quantitative estimate of drug-likeness (QED) is 0.372. The molecule has 0 atom stereocenters. The first-order valence-corrected chi connectivity index (χ1v) is 2.85. The highest BCUT2D eigenvalue weighted by Gasteiger charge is 1.90. The molecule has 0 unspecified atom stereocenters. The molecule has 1 heterocycles. The average Bonchev–Trinajstić information content (AvgIpc) is 2.36. The van der Waals surface area contributed by atoms with Crippen molar-refractivity contribution in [2.75, 3.05) is 0 Å². The molecule has 52 valence electrons. The van der Waals surface area contributed by atoms with E-state index in [1.165, 1.54) is 6.21 Å². The standard InChI is InChI=1S/C7H8N2O/c1-2-9-5-3-4-7(9)6-8-10/h2-6,10H,1H2/b8-6-. The number of aromatic nitrogens is 1. The Morgan fingerprint density at radius 3 is 3.10 bits per heavy atom. The van der Waals surface area contributed by atoms with Crippen molar-refractivity contribution in [3.05, 3.63) is 30.6 Å². The lowest BCUT2D eigenvalue weighted by molar-refractivity contribution is 0.321. The molecule has 0 fully saturated rings. The maximum Gasteiger partial charge on any atom is 0.0901 e. The zero-order chi connectivity index (χ0) is 7.40. The fraction of sp³-hybridized carbons (Fsp3) is 0. The first-order valence-electron chi connectivity index (χ1n) is 2.85. The summed E-state index contributed by atoms with van der Waals surface area (Å²) < 4.78 is 1.75. The molecule has 1 N–H and O–H groups in total. The van der Waals surface area contributed by atoms with Crippen molar-refractivity contribution in [3.63, 3.8) is 0 Å². The molecular weight excluding hydrogens is 128 g/mol. The summed E-state index contributed by atoms with van der Waals surface area (Å²) in [7, 11) is 0. The summed E-state index contributed by atoms with van der Waals surface area (Å²) in [4.78, 5) is 0. The van der Waals surface area contributed by atoms with Gasteiger partial charge in [0.05, 0.1) is 11.9 Å². The van der Waals surface area contributed by atoms with Crippen LogP contribution in [0.1, 0.15) is 5.69 Å². The van der Waals surface area contributed by atoms with E-state index in [9.17, 15) is 0 Å². The van der Waals surface area contributed by atoms with Crippen LogP contribution in [0.5, 0.6) is 0 Å². The van der Waals surface area contributed by atoms with Gasteiger partial charge < -0.3 is 9.77 Å². The zero-order valence-corrected chi connectivity index (χ0v) is 5.44. The van der Waals surface area contributed by atoms with Gasteiger partial charge in [0.25, 0.3) is 0 Å². The van der Waals surface area contributed by atoms with Gasteiger partial charge in [-0.1, -0.05) is 11.7 Å². The van der Waals surface area contributed by atoms with Crippen LogP contribution in [-0.4, -0.2) is 16.0 Å². The maximum atomic E-state index is 8.18. The highest BCUT2D eigenvalue weighted by Crippen LogP contribution is 1.97. The van der Waals surface area contributed by atoms with E-state index in [2.05, 4.69) is 11.7 Å². The van der Waals surface area contributed by atoms with Gasteiger partial charge in [-0.25, -0.2) is 0 Å². The lowest BCUT2D eigenvalue weighted by Gasteiger charge is -1.93. The molecule has 0 amide bonds. The minimum Gasteiger partial charge on any atom is -0.411 e. The molecule has 1 aromatic rings. The van der Waals surface area contributed by atoms with E-state index in [4.69, 9.17) is 5.21 Å². The summed E-state index contributed by atoms with van der Waals surface area (Å²) in [6.45, 7) is 3.57. The van der Waals surface area contributed by atoms with E-state index in [1.54, 1.807) is 10.8 Å². The number of rotatable bonds is 2. The van der Waals surface area contributed by atoms with E-state index in [-0.39, 0.29) is 0 Å². The van der Waals surface area contributed by atoms with E-state index < -0.39 is 0 Å². The van der Waals surface area contributed by atoms with Gasteiger partial charge in [0, 0.05) is 12.4 Å². The lowest BCUT2D eigenvalue weighted by atomic mass is 10.5. The van der Waals surface area contributed by atoms with E-state index in [0.717, 1.165) is 5.69 Å². The molecule has 0 aliphatic heterocycles. The van der Waals surface area contributed by atoms with Gasteiger partial charge >= 0.3 is 0 Å². The third kappa shape index (κ3) is 1.07. The SMILES string of the molecule is C=Cn1cccc1/C=N\O. The Kier molecular flexibility index (Phi) is 1.89. The summed E-state index contributed by atoms with van der Waals surface area (Å²) in [5.41, 5.74) is 0.803. The van der Waals surface area contributed by atoms with Crippen LogP contribution in [0, 0.1) is 0 Å². The Hall–Kier alpha value is -1.51. The molecule has 0 bridgehead atoms. The third-order valence-electron chi connectivity index (χ3n) is 1.20. The van der Waals surface area contributed by atoms with Crippen LogP contribution < -0.4 is 0 Å². The molecule has 0 radical (unpaired) electrons. The van der Waals surface area contributed by atoms with Gasteiger partial charge in [-0.05, 0) is 12.1 Å². The molecule has 0 aliphatic rings. The van der Waals surface area contributed by atoms with Gasteiger partial charge in [-0.15, -0.1) is 0 Å². The fourth-order valence-corrected chi connectivity index (χ4v) is 0.742. The number of nitrogens with zero attached hydrogens (tertiary/aromatic N) is 2. The molecule has 1 rings (SSSR count). The van der Waals surface area contributed by atoms with Crippen molar-refractivity contribution in [1.82, 2.24) is 4.57 Å². The van der Waals surface area contributed by atoms with Gasteiger partial charge in [0.1, 0.15) is 0 Å². The van der Waals surface area contributed by atoms with Crippen LogP contribution in [0.2, 0.25) is 0 Å². The van der Waals surface area contributed by atoms with E-state index >= 15 is 0 Å². The third-order valence-corrected chi connectivity index (χ3v) is 1.20. The Labute approximate surface area is 58.9 Å². The number of hydrogen-bond donors (Lipinski definition) is 1. The van der Waals surface area contributed by atoms with Gasteiger partial charge in [0.15, 0.2) is 0 Å². The van der Waals surface area contributed by atoms with E-state index in [0.29, 0.717) is 0 Å². The first kappa shape index (κ1) is 6.61. The van der Waals surface area contributed by atoms with Crippen LogP contribution in [0.3, 0.4) is 0 Å². The molecule has 0 spiro atoms. The molecule has 10 heavy (non-hydrogen) atoms. The first-order chi connectivity index (χ1) is 4.88. The van der Waals surface area contributed by atoms with Crippen molar-refractivity contribution in [2.45, 2.75) is 0 Å². The molecule has 1 aromatic heterocycles. The fourth-order valence-electron chi connectivity index (χ4n) is 0.742. The summed E-state index contributed by atoms with van der Waals surface area (Å²) in [5, 5.41) is 11.1. The van der Waals surface area contributed by atoms with Gasteiger partial charge in [0.2, 0.25) is 0 Å². The second-order valence-corrected chi connectivity index (χ2v) is 1.77. The molecule has 3 heteroatoms. The summed E-state index contributed by atoms with van der Waals surface area (Å²) >= 11 is 0. The van der Waals surface area contributed by atoms with Crippen LogP contribution >= 0.6 is 0 Å². The van der Waals surface area contributed by atoms with Gasteiger partial charge in [-0.2, -0.15) is 0 Å². The molecule has 0 saturated heterocycles. The van der Waals surface area contributed by atoms with Crippen LogP contribution in [0.25, 0.3) is 6.20 Å². The second-order valence-electron chi connectivity index (χ2n) is 1.77. The molecule has 0 aliphatic carbocycles. The number of hydrogen-bond acceptors (Lipinski definition) is 2. The Morgan fingerprint density at radius 1 is 1.70 bits per heavy atom. The van der Waals surface area contributed by atoms with Crippen molar-refractivity contribution in [1.29, 1.82) is 0 Å². The molecule has 0 saturated carbocycles. The van der Waals surface area contributed by atoms with Crippen LogP contribution in [0.15, 0.2) is 30.1 Å². The molecule has 0 aromatic carbocycles. The highest BCUT2D eigenvalue weighted by molar-refractivity contribution is 5.78. The monoisotopic (exact) mass is 136 g/mol. The summed E-state index contributed by atoms with van der Waals surface area (Å²) in [5.74, 6) is 0. The minimum atomic E-state index is 0.803. The summed E-state index contributed by atoms with van der Waals surface area (Å²) in [6, 6.07) is 3.67. The van der Waals surface area contributed by atoms with Gasteiger partial charge in [-0.3, -0.25) is 0 Å². The normalized spacial score (nSPS) is 10.4. The zero-order valence-electron chi connectivity index (χ0n) is 5.44.